The third-order valence-corrected chi connectivity index (χ3v) is 3.52. The summed E-state index contributed by atoms with van der Waals surface area (Å²) in [4.78, 5) is 16.4. The molecule has 1 amide bonds. The quantitative estimate of drug-likeness (QED) is 0.351. The van der Waals surface area contributed by atoms with E-state index in [1.165, 1.54) is 6.42 Å². The first kappa shape index (κ1) is 20.0. The van der Waals surface area contributed by atoms with Gasteiger partial charge in [-0.25, -0.2) is 0 Å². The summed E-state index contributed by atoms with van der Waals surface area (Å²) in [6, 6.07) is 9.28. The van der Waals surface area contributed by atoms with Crippen LogP contribution >= 0.6 is 0 Å². The van der Waals surface area contributed by atoms with E-state index in [1.807, 2.05) is 30.3 Å². The molecule has 0 spiro atoms. The maximum atomic E-state index is 11.9. The van der Waals surface area contributed by atoms with Crippen LogP contribution in [-0.2, 0) is 0 Å². The van der Waals surface area contributed by atoms with Crippen molar-refractivity contribution in [2.24, 2.45) is 10.9 Å². The molecule has 1 rings (SSSR count). The molecule has 0 unspecified atom stereocenters. The number of hydrogen-bond donors (Lipinski definition) is 3. The number of rotatable bonds is 10. The van der Waals surface area contributed by atoms with Gasteiger partial charge in [0.25, 0.3) is 5.91 Å². The predicted octanol–water partition coefficient (Wildman–Crippen LogP) is 2.80. The molecule has 0 fully saturated rings. The van der Waals surface area contributed by atoms with E-state index in [9.17, 15) is 4.79 Å². The van der Waals surface area contributed by atoms with Crippen LogP contribution in [0.2, 0.25) is 0 Å². The van der Waals surface area contributed by atoms with Crippen LogP contribution in [0.1, 0.15) is 50.4 Å². The number of aliphatic imine (C=N–C) groups is 1. The van der Waals surface area contributed by atoms with E-state index in [1.54, 1.807) is 0 Å². The molecule has 134 valence electrons. The van der Waals surface area contributed by atoms with Gasteiger partial charge in [0.1, 0.15) is 0 Å². The van der Waals surface area contributed by atoms with E-state index in [0.717, 1.165) is 37.8 Å². The molecule has 0 heterocycles. The van der Waals surface area contributed by atoms with Gasteiger partial charge in [-0.1, -0.05) is 32.0 Å². The van der Waals surface area contributed by atoms with Gasteiger partial charge in [-0.15, -0.1) is 0 Å². The van der Waals surface area contributed by atoms with E-state index in [-0.39, 0.29) is 5.91 Å². The molecule has 0 aliphatic heterocycles. The Hall–Kier alpha value is -2.04. The van der Waals surface area contributed by atoms with Crippen molar-refractivity contribution in [3.05, 3.63) is 35.9 Å². The largest absolute Gasteiger partial charge is 0.357 e. The summed E-state index contributed by atoms with van der Waals surface area (Å²) in [5, 5.41) is 9.52. The van der Waals surface area contributed by atoms with Gasteiger partial charge in [-0.2, -0.15) is 0 Å². The van der Waals surface area contributed by atoms with Gasteiger partial charge in [-0.05, 0) is 44.2 Å². The molecule has 5 heteroatoms. The first-order valence-corrected chi connectivity index (χ1v) is 8.99. The summed E-state index contributed by atoms with van der Waals surface area (Å²) < 4.78 is 0. The van der Waals surface area contributed by atoms with Crippen LogP contribution in [-0.4, -0.2) is 38.0 Å². The van der Waals surface area contributed by atoms with Gasteiger partial charge in [0, 0.05) is 31.7 Å². The lowest BCUT2D eigenvalue weighted by molar-refractivity contribution is 0.0953. The minimum Gasteiger partial charge on any atom is -0.357 e. The van der Waals surface area contributed by atoms with Crippen LogP contribution in [0.25, 0.3) is 0 Å². The van der Waals surface area contributed by atoms with Crippen molar-refractivity contribution in [1.82, 2.24) is 16.0 Å². The maximum absolute atomic E-state index is 11.9. The average molecular weight is 332 g/mol. The van der Waals surface area contributed by atoms with E-state index in [2.05, 4.69) is 41.7 Å². The van der Waals surface area contributed by atoms with E-state index in [4.69, 9.17) is 0 Å². The molecule has 1 aromatic carbocycles. The lowest BCUT2D eigenvalue weighted by Gasteiger charge is -2.12. The summed E-state index contributed by atoms with van der Waals surface area (Å²) in [6.07, 6.45) is 3.19. The van der Waals surface area contributed by atoms with Crippen molar-refractivity contribution in [1.29, 1.82) is 0 Å². The fourth-order valence-electron chi connectivity index (χ4n) is 2.22. The molecule has 0 saturated heterocycles. The molecule has 0 aliphatic rings. The fourth-order valence-corrected chi connectivity index (χ4v) is 2.22. The van der Waals surface area contributed by atoms with Gasteiger partial charge in [0.2, 0.25) is 0 Å². The normalized spacial score (nSPS) is 11.4. The third kappa shape index (κ3) is 9.18. The zero-order chi connectivity index (χ0) is 17.6. The van der Waals surface area contributed by atoms with Gasteiger partial charge in [0.05, 0.1) is 0 Å². The Bertz CT molecular complexity index is 485. The van der Waals surface area contributed by atoms with Crippen molar-refractivity contribution in [2.75, 3.05) is 26.2 Å². The van der Waals surface area contributed by atoms with Crippen molar-refractivity contribution < 1.29 is 4.79 Å². The number of carbonyl (C=O) groups excluding carboxylic acids is 1. The second-order valence-corrected chi connectivity index (χ2v) is 6.20. The fraction of sp³-hybridized carbons (Fsp3) is 0.579. The number of nitrogens with zero attached hydrogens (tertiary/aromatic N) is 1. The molecule has 5 nitrogen and oxygen atoms in total. The van der Waals surface area contributed by atoms with Crippen molar-refractivity contribution >= 4 is 11.9 Å². The SMILES string of the molecule is CCNC(=NCCCNC(=O)c1ccccc1)NCCCC(C)C. The summed E-state index contributed by atoms with van der Waals surface area (Å²) in [5.74, 6) is 1.56. The van der Waals surface area contributed by atoms with Crippen molar-refractivity contribution in [2.45, 2.75) is 40.0 Å². The molecule has 0 aromatic heterocycles. The van der Waals surface area contributed by atoms with Gasteiger partial charge in [-0.3, -0.25) is 9.79 Å². The number of nitrogens with one attached hydrogen (secondary N) is 3. The van der Waals surface area contributed by atoms with E-state index >= 15 is 0 Å². The minimum absolute atomic E-state index is 0.0294. The van der Waals surface area contributed by atoms with Crippen LogP contribution in [0.4, 0.5) is 0 Å². The first-order valence-electron chi connectivity index (χ1n) is 8.99. The summed E-state index contributed by atoms with van der Waals surface area (Å²) in [6.45, 7) is 9.64. The lowest BCUT2D eigenvalue weighted by Crippen LogP contribution is -2.38. The molecular weight excluding hydrogens is 300 g/mol. The van der Waals surface area contributed by atoms with Crippen LogP contribution in [0.15, 0.2) is 35.3 Å². The summed E-state index contributed by atoms with van der Waals surface area (Å²) >= 11 is 0. The number of benzene rings is 1. The highest BCUT2D eigenvalue weighted by Crippen LogP contribution is 2.01. The number of guanidine groups is 1. The van der Waals surface area contributed by atoms with Crippen LogP contribution in [0.3, 0.4) is 0 Å². The molecular formula is C19H32N4O. The van der Waals surface area contributed by atoms with Gasteiger partial charge in [0.15, 0.2) is 5.96 Å². The highest BCUT2D eigenvalue weighted by atomic mass is 16.1. The maximum Gasteiger partial charge on any atom is 0.251 e. The van der Waals surface area contributed by atoms with E-state index in [0.29, 0.717) is 18.7 Å². The van der Waals surface area contributed by atoms with Crippen LogP contribution < -0.4 is 16.0 Å². The highest BCUT2D eigenvalue weighted by Gasteiger charge is 2.03. The van der Waals surface area contributed by atoms with Crippen molar-refractivity contribution in [3.63, 3.8) is 0 Å². The monoisotopic (exact) mass is 332 g/mol. The van der Waals surface area contributed by atoms with Gasteiger partial charge < -0.3 is 16.0 Å². The first-order chi connectivity index (χ1) is 11.6. The number of hydrogen-bond acceptors (Lipinski definition) is 2. The minimum atomic E-state index is -0.0294. The standard InChI is InChI=1S/C19H32N4O/c1-4-20-19(22-13-8-10-16(2)3)23-15-9-14-21-18(24)17-11-6-5-7-12-17/h5-7,11-12,16H,4,8-10,13-15H2,1-3H3,(H,21,24)(H2,20,22,23). The zero-order valence-corrected chi connectivity index (χ0v) is 15.3. The Morgan fingerprint density at radius 1 is 1.04 bits per heavy atom. The van der Waals surface area contributed by atoms with Crippen LogP contribution in [0.5, 0.6) is 0 Å². The number of carbonyl (C=O) groups is 1. The van der Waals surface area contributed by atoms with Gasteiger partial charge >= 0.3 is 0 Å². The Morgan fingerprint density at radius 2 is 1.75 bits per heavy atom. The summed E-state index contributed by atoms with van der Waals surface area (Å²) in [7, 11) is 0. The molecule has 0 atom stereocenters. The third-order valence-electron chi connectivity index (χ3n) is 3.52. The Labute approximate surface area is 146 Å². The lowest BCUT2D eigenvalue weighted by atomic mass is 10.1. The Balaban J connectivity index is 2.22. The molecule has 0 radical (unpaired) electrons. The van der Waals surface area contributed by atoms with Crippen LogP contribution in [0, 0.1) is 5.92 Å². The smallest absolute Gasteiger partial charge is 0.251 e. The average Bonchev–Trinajstić information content (AvgIpc) is 2.58. The second-order valence-electron chi connectivity index (χ2n) is 6.20. The Kier molecular flexibility index (Phi) is 10.3. The zero-order valence-electron chi connectivity index (χ0n) is 15.3. The molecule has 3 N–H and O–H groups in total. The Morgan fingerprint density at radius 3 is 2.42 bits per heavy atom. The topological polar surface area (TPSA) is 65.5 Å². The second kappa shape index (κ2) is 12.4. The number of amides is 1. The predicted molar refractivity (Wildman–Crippen MR) is 101 cm³/mol. The molecule has 24 heavy (non-hydrogen) atoms. The summed E-state index contributed by atoms with van der Waals surface area (Å²) in [5.41, 5.74) is 0.696. The molecule has 1 aromatic rings. The highest BCUT2D eigenvalue weighted by molar-refractivity contribution is 5.94. The van der Waals surface area contributed by atoms with Crippen molar-refractivity contribution in [3.8, 4) is 0 Å². The van der Waals surface area contributed by atoms with E-state index < -0.39 is 0 Å². The molecule has 0 bridgehead atoms. The molecule has 0 saturated carbocycles. The molecule has 0 aliphatic carbocycles.